The summed E-state index contributed by atoms with van der Waals surface area (Å²) in [7, 11) is 0. The lowest BCUT2D eigenvalue weighted by atomic mass is 10.1. The number of rotatable bonds is 5. The number of aromatic carboxylic acids is 1. The second kappa shape index (κ2) is 7.60. The molecule has 5 rings (SSSR count). The molecule has 0 atom stereocenters. The predicted octanol–water partition coefficient (Wildman–Crippen LogP) is 5.17. The van der Waals surface area contributed by atoms with E-state index in [2.05, 4.69) is 29.5 Å². The molecular formula is C25H22N4O3. The fourth-order valence-corrected chi connectivity index (χ4v) is 4.11. The first-order chi connectivity index (χ1) is 15.4. The maximum atomic E-state index is 11.6. The average molecular weight is 426 g/mol. The molecule has 3 aromatic heterocycles. The Bertz CT molecular complexity index is 1500. The maximum absolute atomic E-state index is 11.6. The Balaban J connectivity index is 1.57. The molecule has 160 valence electrons. The van der Waals surface area contributed by atoms with Crippen LogP contribution < -0.4 is 0 Å². The molecular weight excluding hydrogens is 404 g/mol. The summed E-state index contributed by atoms with van der Waals surface area (Å²) in [4.78, 5) is 25.7. The Morgan fingerprint density at radius 2 is 1.88 bits per heavy atom. The monoisotopic (exact) mass is 426 g/mol. The Morgan fingerprint density at radius 3 is 2.66 bits per heavy atom. The number of fused-ring (bicyclic) bond motifs is 2. The summed E-state index contributed by atoms with van der Waals surface area (Å²) in [6.07, 6.45) is 0.803. The summed E-state index contributed by atoms with van der Waals surface area (Å²) in [5, 5.41) is 9.48. The number of carboxylic acid groups (broad SMARTS) is 1. The van der Waals surface area contributed by atoms with Crippen LogP contribution in [0, 0.1) is 13.8 Å². The van der Waals surface area contributed by atoms with Gasteiger partial charge in [-0.25, -0.2) is 19.7 Å². The number of hydrogen-bond acceptors (Lipinski definition) is 5. The maximum Gasteiger partial charge on any atom is 0.336 e. The van der Waals surface area contributed by atoms with E-state index in [1.165, 1.54) is 0 Å². The van der Waals surface area contributed by atoms with Crippen molar-refractivity contribution in [3.8, 4) is 11.5 Å². The van der Waals surface area contributed by atoms with Crippen molar-refractivity contribution < 1.29 is 14.3 Å². The zero-order valence-corrected chi connectivity index (χ0v) is 18.1. The third-order valence-corrected chi connectivity index (χ3v) is 5.60. The minimum Gasteiger partial charge on any atom is -0.478 e. The Kier molecular flexibility index (Phi) is 4.74. The molecule has 0 bridgehead atoms. The van der Waals surface area contributed by atoms with E-state index < -0.39 is 5.97 Å². The van der Waals surface area contributed by atoms with Gasteiger partial charge in [-0.05, 0) is 55.3 Å². The van der Waals surface area contributed by atoms with Crippen LogP contribution in [0.2, 0.25) is 0 Å². The lowest BCUT2D eigenvalue weighted by Crippen LogP contribution is -2.05. The van der Waals surface area contributed by atoms with Crippen LogP contribution in [0.4, 0.5) is 0 Å². The van der Waals surface area contributed by atoms with E-state index in [4.69, 9.17) is 14.4 Å². The molecule has 0 radical (unpaired) electrons. The second-order valence-corrected chi connectivity index (χ2v) is 7.89. The Morgan fingerprint density at radius 1 is 1.06 bits per heavy atom. The molecule has 7 heteroatoms. The van der Waals surface area contributed by atoms with Gasteiger partial charge in [0, 0.05) is 12.1 Å². The largest absolute Gasteiger partial charge is 0.478 e. The van der Waals surface area contributed by atoms with E-state index in [-0.39, 0.29) is 5.56 Å². The summed E-state index contributed by atoms with van der Waals surface area (Å²) in [6.45, 7) is 6.76. The van der Waals surface area contributed by atoms with Gasteiger partial charge in [-0.1, -0.05) is 25.1 Å². The van der Waals surface area contributed by atoms with Crippen LogP contribution in [0.5, 0.6) is 0 Å². The summed E-state index contributed by atoms with van der Waals surface area (Å²) in [6, 6.07) is 14.6. The number of hydrogen-bond donors (Lipinski definition) is 1. The fraction of sp³-hybridized carbons (Fsp3) is 0.200. The molecule has 0 aliphatic rings. The van der Waals surface area contributed by atoms with E-state index in [0.29, 0.717) is 29.1 Å². The number of carbonyl (C=O) groups is 1. The molecule has 1 N–H and O–H groups in total. The van der Waals surface area contributed by atoms with Gasteiger partial charge in [-0.15, -0.1) is 0 Å². The third kappa shape index (κ3) is 3.32. The number of aromatic nitrogens is 4. The quantitative estimate of drug-likeness (QED) is 0.417. The van der Waals surface area contributed by atoms with Gasteiger partial charge in [0.15, 0.2) is 11.2 Å². The summed E-state index contributed by atoms with van der Waals surface area (Å²) in [5.41, 5.74) is 6.86. The van der Waals surface area contributed by atoms with Gasteiger partial charge in [0.1, 0.15) is 16.9 Å². The zero-order chi connectivity index (χ0) is 22.4. The first-order valence-electron chi connectivity index (χ1n) is 10.5. The molecule has 0 fully saturated rings. The molecule has 0 unspecified atom stereocenters. The van der Waals surface area contributed by atoms with Gasteiger partial charge < -0.3 is 14.1 Å². The lowest BCUT2D eigenvalue weighted by Gasteiger charge is -2.08. The van der Waals surface area contributed by atoms with Crippen LogP contribution in [0.1, 0.15) is 39.9 Å². The van der Waals surface area contributed by atoms with Crippen LogP contribution >= 0.6 is 0 Å². The van der Waals surface area contributed by atoms with Crippen molar-refractivity contribution in [1.29, 1.82) is 0 Å². The fourth-order valence-electron chi connectivity index (χ4n) is 4.11. The number of oxazole rings is 1. The van der Waals surface area contributed by atoms with Crippen molar-refractivity contribution >= 4 is 28.2 Å². The van der Waals surface area contributed by atoms with Gasteiger partial charge in [0.2, 0.25) is 5.89 Å². The highest BCUT2D eigenvalue weighted by molar-refractivity contribution is 5.95. The molecule has 2 aromatic carbocycles. The number of benzene rings is 2. The van der Waals surface area contributed by atoms with Crippen molar-refractivity contribution in [3.63, 3.8) is 0 Å². The van der Waals surface area contributed by atoms with Crippen molar-refractivity contribution in [3.05, 3.63) is 76.7 Å². The molecule has 3 heterocycles. The molecule has 0 aliphatic heterocycles. The highest BCUT2D eigenvalue weighted by Gasteiger charge is 2.17. The molecule has 0 spiro atoms. The van der Waals surface area contributed by atoms with Crippen molar-refractivity contribution in [2.24, 2.45) is 0 Å². The molecule has 32 heavy (non-hydrogen) atoms. The minimum absolute atomic E-state index is 0.161. The molecule has 5 aromatic rings. The van der Waals surface area contributed by atoms with Gasteiger partial charge in [-0.3, -0.25) is 0 Å². The topological polar surface area (TPSA) is 94.0 Å². The van der Waals surface area contributed by atoms with Crippen molar-refractivity contribution in [2.45, 2.75) is 33.7 Å². The summed E-state index contributed by atoms with van der Waals surface area (Å²) in [5.74, 6) is 0.267. The molecule has 0 aliphatic carbocycles. The number of imidazole rings is 1. The molecule has 0 amide bonds. The normalized spacial score (nSPS) is 11.5. The number of carboxylic acids is 1. The van der Waals surface area contributed by atoms with Gasteiger partial charge in [-0.2, -0.15) is 0 Å². The third-order valence-electron chi connectivity index (χ3n) is 5.60. The second-order valence-electron chi connectivity index (χ2n) is 7.89. The van der Waals surface area contributed by atoms with Crippen LogP contribution in [-0.4, -0.2) is 30.6 Å². The smallest absolute Gasteiger partial charge is 0.336 e. The standard InChI is InChI=1S/C25H22N4O3/c1-4-21-28-22-14(2)11-15(3)26-23(22)29(21)13-16-9-10-20-19(12-16)27-24(32-20)17-7-5-6-8-18(17)25(30)31/h5-12H,4,13H2,1-3H3,(H,30,31). The molecule has 0 saturated carbocycles. The SMILES string of the molecule is CCc1nc2c(C)cc(C)nc2n1Cc1ccc2oc(-c3ccccc3C(=O)O)nc2c1. The number of pyridine rings is 1. The van der Waals surface area contributed by atoms with E-state index in [1.807, 2.05) is 25.1 Å². The number of nitrogens with zero attached hydrogens (tertiary/aromatic N) is 4. The summed E-state index contributed by atoms with van der Waals surface area (Å²) >= 11 is 0. The lowest BCUT2D eigenvalue weighted by molar-refractivity contribution is 0.0697. The van der Waals surface area contributed by atoms with Gasteiger partial charge >= 0.3 is 5.97 Å². The summed E-state index contributed by atoms with van der Waals surface area (Å²) < 4.78 is 8.03. The van der Waals surface area contributed by atoms with E-state index in [0.717, 1.165) is 40.2 Å². The van der Waals surface area contributed by atoms with E-state index in [9.17, 15) is 9.90 Å². The highest BCUT2D eigenvalue weighted by atomic mass is 16.4. The van der Waals surface area contributed by atoms with Gasteiger partial charge in [0.25, 0.3) is 0 Å². The minimum atomic E-state index is -1.01. The number of aryl methyl sites for hydroxylation is 3. The van der Waals surface area contributed by atoms with E-state index in [1.54, 1.807) is 24.3 Å². The van der Waals surface area contributed by atoms with Crippen LogP contribution in [0.15, 0.2) is 52.9 Å². The van der Waals surface area contributed by atoms with Crippen molar-refractivity contribution in [1.82, 2.24) is 19.5 Å². The molecule has 7 nitrogen and oxygen atoms in total. The first-order valence-corrected chi connectivity index (χ1v) is 10.5. The van der Waals surface area contributed by atoms with Gasteiger partial charge in [0.05, 0.1) is 17.7 Å². The predicted molar refractivity (Wildman–Crippen MR) is 122 cm³/mol. The Hall–Kier alpha value is -4.00. The highest BCUT2D eigenvalue weighted by Crippen LogP contribution is 2.28. The van der Waals surface area contributed by atoms with Crippen LogP contribution in [0.25, 0.3) is 33.7 Å². The Labute approximate surface area is 184 Å². The molecule has 0 saturated heterocycles. The van der Waals surface area contributed by atoms with E-state index >= 15 is 0 Å². The van der Waals surface area contributed by atoms with Crippen molar-refractivity contribution in [2.75, 3.05) is 0 Å². The first kappa shape index (κ1) is 19.9. The zero-order valence-electron chi connectivity index (χ0n) is 18.1. The van der Waals surface area contributed by atoms with Crippen LogP contribution in [-0.2, 0) is 13.0 Å². The average Bonchev–Trinajstić information content (AvgIpc) is 3.35. The van der Waals surface area contributed by atoms with Crippen LogP contribution in [0.3, 0.4) is 0 Å².